The molecule has 0 saturated carbocycles. The fraction of sp³-hybridized carbons (Fsp3) is 1.00. The Morgan fingerprint density at radius 3 is 2.75 bits per heavy atom. The lowest BCUT2D eigenvalue weighted by molar-refractivity contribution is 0.458. The lowest BCUT2D eigenvalue weighted by Crippen LogP contribution is -1.74. The molecule has 0 aliphatic rings. The molecule has 0 atom stereocenters. The molecule has 0 aromatic rings. The van der Waals surface area contributed by atoms with E-state index in [1.165, 1.54) is 7.11 Å². The Labute approximate surface area is 41.2 Å². The number of rotatable bonds is 1. The Kier molecular flexibility index (Phi) is 2.78. The quantitative estimate of drug-likeness (QED) is 0.409. The van der Waals surface area contributed by atoms with Crippen LogP contribution in [0.4, 0.5) is 0 Å². The maximum absolute atomic E-state index is 6.59. The minimum Gasteiger partial charge on any atom is -0.431 e. The fourth-order valence-electron chi connectivity index (χ4n) is 0. The van der Waals surface area contributed by atoms with Gasteiger partial charge in [0.15, 0.2) is 0 Å². The molecule has 0 heterocycles. The van der Waals surface area contributed by atoms with Crippen molar-refractivity contribution in [2.24, 2.45) is 0 Å². The van der Waals surface area contributed by atoms with E-state index in [1.807, 2.05) is 22.4 Å². The van der Waals surface area contributed by atoms with Gasteiger partial charge >= 0.3 is 5.30 Å². The fourth-order valence-corrected chi connectivity index (χ4v) is 0. The second-order valence-corrected chi connectivity index (χ2v) is 0.833. The minimum absolute atomic E-state index is 0.396. The zero-order chi connectivity index (χ0) is 4.28. The van der Waals surface area contributed by atoms with E-state index in [1.54, 1.807) is 0 Å². The van der Waals surface area contributed by atoms with Crippen molar-refractivity contribution in [3.63, 3.8) is 0 Å². The molecule has 0 aliphatic carbocycles. The summed E-state index contributed by atoms with van der Waals surface area (Å²) in [6.07, 6.45) is 0. The molecular formula is CH4BIO. The molecule has 0 unspecified atom stereocenters. The zero-order valence-corrected chi connectivity index (χ0v) is 4.52. The Morgan fingerprint density at radius 1 is 2.50 bits per heavy atom. The van der Waals surface area contributed by atoms with Crippen LogP contribution in [0.2, 0.25) is 0 Å². The number of hydrogen-bond donors (Lipinski definition) is 0. The average molecular weight is 172 g/mol. The predicted molar refractivity (Wildman–Crippen MR) is 28.2 cm³/mol. The second kappa shape index (κ2) is 3.75. The highest BCUT2D eigenvalue weighted by Gasteiger charge is 1.62. The predicted octanol–water partition coefficient (Wildman–Crippen LogP) is 0.334. The molecule has 0 bridgehead atoms. The largest absolute Gasteiger partial charge is 0.431 e. The topological polar surface area (TPSA) is 9.23 Å². The molecule has 0 aliphatic heterocycles. The van der Waals surface area contributed by atoms with Gasteiger partial charge in [-0.05, 0) is 0 Å². The molecule has 0 aromatic heterocycles. The third-order valence-corrected chi connectivity index (χ3v) is 0.598. The molecule has 0 amide bonds. The van der Waals surface area contributed by atoms with Crippen molar-refractivity contribution in [1.29, 1.82) is 1.34 Å². The van der Waals surface area contributed by atoms with Crippen LogP contribution in [0.1, 0.15) is 0 Å². The van der Waals surface area contributed by atoms with Crippen molar-refractivity contribution >= 4 is 27.7 Å². The SMILES string of the molecule is [3H]B(I)OC. The van der Waals surface area contributed by atoms with Gasteiger partial charge < -0.3 is 4.65 Å². The molecule has 0 rings (SSSR count). The van der Waals surface area contributed by atoms with Gasteiger partial charge in [0.1, 0.15) is 0 Å². The highest BCUT2D eigenvalue weighted by Crippen LogP contribution is 1.69. The van der Waals surface area contributed by atoms with E-state index in [0.717, 1.165) is 0 Å². The number of hydrogen-bond acceptors (Lipinski definition) is 1. The van der Waals surface area contributed by atoms with Crippen LogP contribution in [0.3, 0.4) is 0 Å². The Balaban J connectivity index is 2.54. The lowest BCUT2D eigenvalue weighted by Gasteiger charge is -1.71. The maximum atomic E-state index is 6.59. The highest BCUT2D eigenvalue weighted by atomic mass is 127. The van der Waals surface area contributed by atoms with E-state index < -0.39 is 5.30 Å². The summed E-state index contributed by atoms with van der Waals surface area (Å²) in [5.41, 5.74) is 0. The van der Waals surface area contributed by atoms with Crippen molar-refractivity contribution in [2.75, 3.05) is 7.11 Å². The first-order chi connectivity index (χ1) is 2.27. The normalized spacial score (nSPS) is 10.0. The van der Waals surface area contributed by atoms with E-state index >= 15 is 0 Å². The standard InChI is InChI=1S/CH4BIO/c1-4-2-3/h2H,1H3/i2T. The van der Waals surface area contributed by atoms with Gasteiger partial charge in [-0.25, -0.2) is 0 Å². The van der Waals surface area contributed by atoms with E-state index in [2.05, 4.69) is 4.65 Å². The summed E-state index contributed by atoms with van der Waals surface area (Å²) in [5.74, 6) is 0. The summed E-state index contributed by atoms with van der Waals surface area (Å²) in [5, 5.41) is -0.396. The smallest absolute Gasteiger partial charge is 0.346 e. The van der Waals surface area contributed by atoms with E-state index in [0.29, 0.717) is 0 Å². The molecule has 0 radical (unpaired) electrons. The van der Waals surface area contributed by atoms with Crippen molar-refractivity contribution in [3.8, 4) is 0 Å². The van der Waals surface area contributed by atoms with Gasteiger partial charge in [0.25, 0.3) is 0 Å². The van der Waals surface area contributed by atoms with Gasteiger partial charge in [-0.3, -0.25) is 0 Å². The molecule has 0 saturated heterocycles. The van der Waals surface area contributed by atoms with Gasteiger partial charge in [0.05, 0.1) is 0 Å². The summed E-state index contributed by atoms with van der Waals surface area (Å²) in [4.78, 5) is 0. The molecule has 24 valence electrons. The Hall–Kier alpha value is 0.755. The first-order valence-electron chi connectivity index (χ1n) is 1.44. The van der Waals surface area contributed by atoms with Crippen LogP contribution in [0.5, 0.6) is 0 Å². The van der Waals surface area contributed by atoms with Crippen molar-refractivity contribution < 1.29 is 4.65 Å². The van der Waals surface area contributed by atoms with Crippen molar-refractivity contribution in [2.45, 2.75) is 0 Å². The molecule has 0 fully saturated rings. The van der Waals surface area contributed by atoms with E-state index in [-0.39, 0.29) is 0 Å². The molecule has 0 aromatic carbocycles. The van der Waals surface area contributed by atoms with E-state index in [9.17, 15) is 0 Å². The molecular weight excluding hydrogens is 166 g/mol. The first-order valence-corrected chi connectivity index (χ1v) is 2.11. The monoisotopic (exact) mass is 172 g/mol. The second-order valence-electron chi connectivity index (χ2n) is 0.325. The van der Waals surface area contributed by atoms with Crippen molar-refractivity contribution in [3.05, 3.63) is 0 Å². The summed E-state index contributed by atoms with van der Waals surface area (Å²) in [6.45, 7) is 0. The summed E-state index contributed by atoms with van der Waals surface area (Å²) < 4.78 is 11.0. The molecule has 4 heavy (non-hydrogen) atoms. The van der Waals surface area contributed by atoms with Crippen LogP contribution in [-0.4, -0.2) is 13.7 Å². The van der Waals surface area contributed by atoms with Crippen LogP contribution < -0.4 is 0 Å². The van der Waals surface area contributed by atoms with Gasteiger partial charge in [-0.1, -0.05) is 0 Å². The molecule has 3 heteroatoms. The summed E-state index contributed by atoms with van der Waals surface area (Å²) >= 11 is 1.85. The van der Waals surface area contributed by atoms with Crippen LogP contribution in [0, 0.1) is 0 Å². The summed E-state index contributed by atoms with van der Waals surface area (Å²) in [6, 6.07) is 0. The van der Waals surface area contributed by atoms with Crippen LogP contribution >= 0.6 is 22.4 Å². The van der Waals surface area contributed by atoms with E-state index in [4.69, 9.17) is 1.34 Å². The lowest BCUT2D eigenvalue weighted by atomic mass is 10.6. The Bertz CT molecular complexity index is 25.6. The maximum Gasteiger partial charge on any atom is 0.346 e. The zero-order valence-electron chi connectivity index (χ0n) is 3.36. The van der Waals surface area contributed by atoms with Crippen LogP contribution in [0.25, 0.3) is 0 Å². The third kappa shape index (κ3) is 2.75. The van der Waals surface area contributed by atoms with Gasteiger partial charge in [0, 0.05) is 8.45 Å². The van der Waals surface area contributed by atoms with Gasteiger partial charge in [-0.15, -0.1) is 22.4 Å². The third-order valence-electron chi connectivity index (χ3n) is 0.0891. The molecule has 0 spiro atoms. The first kappa shape index (κ1) is 2.97. The van der Waals surface area contributed by atoms with Crippen LogP contribution in [-0.2, 0) is 4.65 Å². The average Bonchev–Trinajstić information content (AvgIpc) is 1.38. The van der Waals surface area contributed by atoms with Gasteiger partial charge in [0.2, 0.25) is 0 Å². The minimum atomic E-state index is -0.396. The van der Waals surface area contributed by atoms with Crippen molar-refractivity contribution in [1.82, 2.24) is 0 Å². The van der Waals surface area contributed by atoms with Gasteiger partial charge in [-0.2, -0.15) is 0 Å². The highest BCUT2D eigenvalue weighted by molar-refractivity contribution is 14.1. The molecule has 0 N–H and O–H groups in total. The number of halogens is 1. The van der Waals surface area contributed by atoms with Crippen LogP contribution in [0.15, 0.2) is 0 Å². The Morgan fingerprint density at radius 2 is 2.75 bits per heavy atom. The summed E-state index contributed by atoms with van der Waals surface area (Å²) in [7, 11) is 1.50. The molecule has 1 nitrogen and oxygen atoms in total.